The second-order valence-corrected chi connectivity index (χ2v) is 19.2. The van der Waals surface area contributed by atoms with E-state index in [1.54, 1.807) is 0 Å². The predicted octanol–water partition coefficient (Wildman–Crippen LogP) is 14.7. The zero-order valence-electron chi connectivity index (χ0n) is 46.5. The maximum absolute atomic E-state index is 13.1. The van der Waals surface area contributed by atoms with Gasteiger partial charge in [-0.15, -0.1) is 0 Å². The van der Waals surface area contributed by atoms with Crippen LogP contribution in [-0.4, -0.2) is 89.2 Å². The van der Waals surface area contributed by atoms with Crippen LogP contribution in [0, 0.1) is 0 Å². The molecule has 1 saturated heterocycles. The first kappa shape index (κ1) is 68.4. The molecule has 0 saturated carbocycles. The molecule has 0 aromatic carbocycles. The molecule has 75 heavy (non-hydrogen) atoms. The number of aliphatic hydroxyl groups is 2. The predicted molar refractivity (Wildman–Crippen MR) is 303 cm³/mol. The zero-order chi connectivity index (χ0) is 54.7. The van der Waals surface area contributed by atoms with Crippen LogP contribution in [0.15, 0.2) is 109 Å². The Kier molecular flexibility index (Phi) is 45.8. The number of allylic oxidation sites excluding steroid dienone is 18. The minimum Gasteiger partial charge on any atom is -0.479 e. The Balaban J connectivity index is 2.73. The number of carboxylic acids is 1. The van der Waals surface area contributed by atoms with Crippen molar-refractivity contribution in [3.05, 3.63) is 109 Å². The van der Waals surface area contributed by atoms with Crippen LogP contribution in [0.2, 0.25) is 0 Å². The summed E-state index contributed by atoms with van der Waals surface area (Å²) in [6.45, 7) is 5.68. The Morgan fingerprint density at radius 1 is 0.453 bits per heavy atom. The number of hydrogen-bond donors (Lipinski definition) is 3. The number of carbonyl (C=O) groups is 4. The van der Waals surface area contributed by atoms with E-state index in [1.807, 2.05) is 12.2 Å². The average Bonchev–Trinajstić information content (AvgIpc) is 3.39. The van der Waals surface area contributed by atoms with Gasteiger partial charge in [-0.3, -0.25) is 14.4 Å². The first-order valence-corrected chi connectivity index (χ1v) is 28.9. The number of aliphatic hydroxyl groups excluding tert-OH is 2. The van der Waals surface area contributed by atoms with Crippen molar-refractivity contribution in [1.29, 1.82) is 0 Å². The SMILES string of the molecule is CC/C=C\C/C=C\C/C=C\C/C=C\CCC(=O)OCC(COC1OC(C(=O)O)C(O)C(O)C1OC(=O)CCCCCCCC/C=C\C/C=C\C/C=C\CCCCC)OC(=O)CCCCCCC/C=C\C/C=C\CCC. The van der Waals surface area contributed by atoms with Crippen LogP contribution in [0.1, 0.15) is 213 Å². The molecular formula is C63H100O12. The number of unbranched alkanes of at least 4 members (excludes halogenated alkanes) is 15. The van der Waals surface area contributed by atoms with E-state index in [0.717, 1.165) is 135 Å². The third-order valence-corrected chi connectivity index (χ3v) is 12.3. The molecule has 0 aliphatic carbocycles. The van der Waals surface area contributed by atoms with Gasteiger partial charge in [0.05, 0.1) is 6.61 Å². The van der Waals surface area contributed by atoms with Gasteiger partial charge in [0.2, 0.25) is 0 Å². The summed E-state index contributed by atoms with van der Waals surface area (Å²) in [5, 5.41) is 31.5. The molecule has 3 N–H and O–H groups in total. The molecule has 0 radical (unpaired) electrons. The smallest absolute Gasteiger partial charge is 0.335 e. The van der Waals surface area contributed by atoms with Crippen molar-refractivity contribution in [3.8, 4) is 0 Å². The highest BCUT2D eigenvalue weighted by Crippen LogP contribution is 2.26. The second-order valence-electron chi connectivity index (χ2n) is 19.2. The summed E-state index contributed by atoms with van der Waals surface area (Å²) in [5.74, 6) is -3.28. The summed E-state index contributed by atoms with van der Waals surface area (Å²) in [6, 6.07) is 0. The molecule has 12 nitrogen and oxygen atoms in total. The van der Waals surface area contributed by atoms with Crippen molar-refractivity contribution in [3.63, 3.8) is 0 Å². The molecule has 6 unspecified atom stereocenters. The van der Waals surface area contributed by atoms with Crippen molar-refractivity contribution < 1.29 is 58.2 Å². The Labute approximate surface area is 453 Å². The summed E-state index contributed by atoms with van der Waals surface area (Å²) < 4.78 is 28.3. The molecule has 0 bridgehead atoms. The molecular weight excluding hydrogens is 949 g/mol. The highest BCUT2D eigenvalue weighted by molar-refractivity contribution is 5.74. The number of carbonyl (C=O) groups excluding carboxylic acids is 3. The average molecular weight is 1050 g/mol. The lowest BCUT2D eigenvalue weighted by Crippen LogP contribution is -2.61. The van der Waals surface area contributed by atoms with Gasteiger partial charge in [0, 0.05) is 19.3 Å². The number of hydrogen-bond acceptors (Lipinski definition) is 11. The fourth-order valence-electron chi connectivity index (χ4n) is 7.89. The Morgan fingerprint density at radius 2 is 0.893 bits per heavy atom. The van der Waals surface area contributed by atoms with E-state index in [1.165, 1.54) is 19.3 Å². The summed E-state index contributed by atoms with van der Waals surface area (Å²) >= 11 is 0. The summed E-state index contributed by atoms with van der Waals surface area (Å²) in [5.41, 5.74) is 0. The summed E-state index contributed by atoms with van der Waals surface area (Å²) in [4.78, 5) is 51.0. The Bertz CT molecular complexity index is 1720. The van der Waals surface area contributed by atoms with Crippen molar-refractivity contribution in [2.24, 2.45) is 0 Å². The maximum atomic E-state index is 13.1. The van der Waals surface area contributed by atoms with E-state index in [2.05, 4.69) is 118 Å². The third-order valence-electron chi connectivity index (χ3n) is 12.3. The summed E-state index contributed by atoms with van der Waals surface area (Å²) in [7, 11) is 0. The fraction of sp³-hybridized carbons (Fsp3) is 0.651. The standard InChI is InChI=1S/C63H100O12/c1-4-7-10-13-16-19-22-25-26-27-28-29-30-33-36-39-42-45-48-51-57(66)74-61-59(68)58(67)60(62(69)70)75-63(61)72-53-54(73-56(65)50-47-44-41-38-35-32-24-21-18-15-12-9-6-3)52-71-55(64)49-46-43-40-37-34-31-23-20-17-14-11-8-5-2/h8,11-12,15-17,19-21,24-26,28-29,31,34,40,43,54,58-61,63,67-68H,4-7,9-10,13-14,18,22-23,27,30,32-33,35-39,41-42,44-53H2,1-3H3,(H,69,70)/b11-8-,15-12-,19-16-,20-17-,24-21-,26-25-,29-28-,34-31-,43-40-. The van der Waals surface area contributed by atoms with Crippen LogP contribution < -0.4 is 0 Å². The molecule has 0 amide bonds. The molecule has 0 aromatic rings. The number of rotatable bonds is 47. The normalized spacial score (nSPS) is 19.0. The zero-order valence-corrected chi connectivity index (χ0v) is 46.5. The van der Waals surface area contributed by atoms with Gasteiger partial charge < -0.3 is 39.0 Å². The van der Waals surface area contributed by atoms with Crippen molar-refractivity contribution in [2.45, 2.75) is 250 Å². The molecule has 1 aliphatic rings. The lowest BCUT2D eigenvalue weighted by molar-refractivity contribution is -0.301. The molecule has 6 atom stereocenters. The second kappa shape index (κ2) is 50.2. The van der Waals surface area contributed by atoms with Gasteiger partial charge in [-0.1, -0.05) is 194 Å². The number of carboxylic acid groups (broad SMARTS) is 1. The fourth-order valence-corrected chi connectivity index (χ4v) is 7.89. The molecule has 1 fully saturated rings. The highest BCUT2D eigenvalue weighted by Gasteiger charge is 2.50. The van der Waals surface area contributed by atoms with E-state index in [9.17, 15) is 34.5 Å². The summed E-state index contributed by atoms with van der Waals surface area (Å²) in [6.07, 6.45) is 55.0. The largest absolute Gasteiger partial charge is 0.479 e. The van der Waals surface area contributed by atoms with Gasteiger partial charge >= 0.3 is 23.9 Å². The van der Waals surface area contributed by atoms with Crippen LogP contribution in [0.3, 0.4) is 0 Å². The molecule has 0 aromatic heterocycles. The van der Waals surface area contributed by atoms with Crippen LogP contribution in [-0.2, 0) is 42.9 Å². The van der Waals surface area contributed by atoms with Crippen LogP contribution >= 0.6 is 0 Å². The highest BCUT2D eigenvalue weighted by atomic mass is 16.7. The number of esters is 3. The number of ether oxygens (including phenoxy) is 5. The van der Waals surface area contributed by atoms with Gasteiger partial charge in [0.1, 0.15) is 18.8 Å². The van der Waals surface area contributed by atoms with Crippen LogP contribution in [0.25, 0.3) is 0 Å². The minimum absolute atomic E-state index is 0.0322. The van der Waals surface area contributed by atoms with Crippen molar-refractivity contribution in [2.75, 3.05) is 13.2 Å². The van der Waals surface area contributed by atoms with Crippen molar-refractivity contribution in [1.82, 2.24) is 0 Å². The molecule has 424 valence electrons. The minimum atomic E-state index is -1.92. The van der Waals surface area contributed by atoms with Crippen LogP contribution in [0.5, 0.6) is 0 Å². The van der Waals surface area contributed by atoms with Gasteiger partial charge in [-0.05, 0) is 109 Å². The Hall–Kier alpha value is -4.62. The Morgan fingerprint density at radius 3 is 1.39 bits per heavy atom. The number of aliphatic carboxylic acids is 1. The van der Waals surface area contributed by atoms with Gasteiger partial charge in [0.25, 0.3) is 0 Å². The molecule has 0 spiro atoms. The van der Waals surface area contributed by atoms with Crippen molar-refractivity contribution >= 4 is 23.9 Å². The molecule has 12 heteroatoms. The van der Waals surface area contributed by atoms with E-state index in [0.29, 0.717) is 19.3 Å². The van der Waals surface area contributed by atoms with E-state index < -0.39 is 67.3 Å². The van der Waals surface area contributed by atoms with Gasteiger partial charge in [0.15, 0.2) is 24.6 Å². The maximum Gasteiger partial charge on any atom is 0.335 e. The lowest BCUT2D eigenvalue weighted by atomic mass is 9.98. The monoisotopic (exact) mass is 1050 g/mol. The quantitative estimate of drug-likeness (QED) is 0.0228. The van der Waals surface area contributed by atoms with E-state index in [-0.39, 0.29) is 25.9 Å². The molecule has 1 heterocycles. The first-order chi connectivity index (χ1) is 36.6. The molecule has 1 rings (SSSR count). The van der Waals surface area contributed by atoms with E-state index >= 15 is 0 Å². The lowest BCUT2D eigenvalue weighted by Gasteiger charge is -2.40. The first-order valence-electron chi connectivity index (χ1n) is 28.9. The third kappa shape index (κ3) is 40.3. The van der Waals surface area contributed by atoms with E-state index in [4.69, 9.17) is 23.7 Å². The van der Waals surface area contributed by atoms with Crippen LogP contribution in [0.4, 0.5) is 0 Å². The van der Waals surface area contributed by atoms with Gasteiger partial charge in [-0.25, -0.2) is 4.79 Å². The molecule has 1 aliphatic heterocycles. The topological polar surface area (TPSA) is 175 Å². The van der Waals surface area contributed by atoms with Gasteiger partial charge in [-0.2, -0.15) is 0 Å².